The van der Waals surface area contributed by atoms with Gasteiger partial charge in [-0.15, -0.1) is 0 Å². The summed E-state index contributed by atoms with van der Waals surface area (Å²) in [5.41, 5.74) is 1.58. The number of methoxy groups -OCH3 is 1. The molecule has 0 unspecified atom stereocenters. The number of nitrogens with one attached hydrogen (secondary N) is 1. The van der Waals surface area contributed by atoms with E-state index in [0.29, 0.717) is 16.9 Å². The highest BCUT2D eigenvalue weighted by molar-refractivity contribution is 5.87. The Bertz CT molecular complexity index is 947. The molecule has 3 rings (SSSR count). The minimum atomic E-state index is -0.486. The molecule has 0 aliphatic carbocycles. The van der Waals surface area contributed by atoms with Crippen LogP contribution in [0.2, 0.25) is 0 Å². The normalized spacial score (nSPS) is 11.9. The van der Waals surface area contributed by atoms with Gasteiger partial charge in [0.05, 0.1) is 19.6 Å². The maximum absolute atomic E-state index is 12.4. The molecule has 0 aliphatic heterocycles. The predicted octanol–water partition coefficient (Wildman–Crippen LogP) is 3.22. The van der Waals surface area contributed by atoms with Gasteiger partial charge >= 0.3 is 5.63 Å². The maximum Gasteiger partial charge on any atom is 0.336 e. The molecule has 0 bridgehead atoms. The molecule has 1 atom stereocenters. The van der Waals surface area contributed by atoms with Crippen molar-refractivity contribution in [1.82, 2.24) is 5.32 Å². The van der Waals surface area contributed by atoms with Gasteiger partial charge in [-0.1, -0.05) is 30.3 Å². The predicted molar refractivity (Wildman–Crippen MR) is 95.7 cm³/mol. The van der Waals surface area contributed by atoms with Gasteiger partial charge in [0.25, 0.3) is 0 Å². The summed E-state index contributed by atoms with van der Waals surface area (Å²) in [4.78, 5) is 24.2. The monoisotopic (exact) mass is 337 g/mol. The van der Waals surface area contributed by atoms with Crippen molar-refractivity contribution in [2.45, 2.75) is 19.4 Å². The molecule has 1 amide bonds. The first-order valence-corrected chi connectivity index (χ1v) is 8.02. The highest BCUT2D eigenvalue weighted by Gasteiger charge is 2.13. The first-order valence-electron chi connectivity index (χ1n) is 8.02. The molecule has 0 fully saturated rings. The van der Waals surface area contributed by atoms with E-state index >= 15 is 0 Å². The lowest BCUT2D eigenvalue weighted by Gasteiger charge is -2.14. The van der Waals surface area contributed by atoms with Gasteiger partial charge in [0.15, 0.2) is 0 Å². The van der Waals surface area contributed by atoms with Crippen LogP contribution in [0.25, 0.3) is 11.0 Å². The lowest BCUT2D eigenvalue weighted by Crippen LogP contribution is -2.28. The second-order valence-corrected chi connectivity index (χ2v) is 5.83. The number of benzene rings is 2. The minimum absolute atomic E-state index is 0.103. The summed E-state index contributed by atoms with van der Waals surface area (Å²) in [7, 11) is 1.54. The molecule has 0 aliphatic rings. The summed E-state index contributed by atoms with van der Waals surface area (Å²) in [6.07, 6.45) is 0.103. The van der Waals surface area contributed by atoms with Crippen LogP contribution in [0.1, 0.15) is 24.1 Å². The lowest BCUT2D eigenvalue weighted by molar-refractivity contribution is -0.121. The van der Waals surface area contributed by atoms with E-state index in [2.05, 4.69) is 5.32 Å². The zero-order valence-electron chi connectivity index (χ0n) is 14.1. The van der Waals surface area contributed by atoms with Crippen LogP contribution in [-0.2, 0) is 11.2 Å². The topological polar surface area (TPSA) is 68.5 Å². The average Bonchev–Trinajstić information content (AvgIpc) is 2.61. The van der Waals surface area contributed by atoms with Crippen molar-refractivity contribution in [3.63, 3.8) is 0 Å². The molecule has 5 heteroatoms. The number of amides is 1. The number of hydrogen-bond donors (Lipinski definition) is 1. The summed E-state index contributed by atoms with van der Waals surface area (Å²) in [5.74, 6) is 0.439. The van der Waals surface area contributed by atoms with Crippen LogP contribution in [0.5, 0.6) is 5.75 Å². The molecular weight excluding hydrogens is 318 g/mol. The van der Waals surface area contributed by atoms with Crippen molar-refractivity contribution < 1.29 is 13.9 Å². The molecule has 0 saturated heterocycles. The smallest absolute Gasteiger partial charge is 0.336 e. The Kier molecular flexibility index (Phi) is 4.84. The number of ether oxygens (including phenoxy) is 1. The van der Waals surface area contributed by atoms with E-state index in [9.17, 15) is 9.59 Å². The second kappa shape index (κ2) is 7.21. The van der Waals surface area contributed by atoms with Crippen molar-refractivity contribution in [3.05, 3.63) is 76.1 Å². The molecule has 5 nitrogen and oxygen atoms in total. The summed E-state index contributed by atoms with van der Waals surface area (Å²) in [5, 5.41) is 3.68. The van der Waals surface area contributed by atoms with Gasteiger partial charge in [-0.2, -0.15) is 0 Å². The van der Waals surface area contributed by atoms with Crippen LogP contribution >= 0.6 is 0 Å². The third-order valence-corrected chi connectivity index (χ3v) is 4.07. The Morgan fingerprint density at radius 1 is 1.16 bits per heavy atom. The Hall–Kier alpha value is -3.08. The third-order valence-electron chi connectivity index (χ3n) is 4.07. The van der Waals surface area contributed by atoms with E-state index in [1.807, 2.05) is 37.3 Å². The quantitative estimate of drug-likeness (QED) is 0.726. The first kappa shape index (κ1) is 16.8. The molecular formula is C20H19NO4. The second-order valence-electron chi connectivity index (χ2n) is 5.83. The number of fused-ring (bicyclic) bond motifs is 1. The summed E-state index contributed by atoms with van der Waals surface area (Å²) < 4.78 is 10.4. The highest BCUT2D eigenvalue weighted by atomic mass is 16.5. The third kappa shape index (κ3) is 3.88. The molecule has 2 aromatic carbocycles. The van der Waals surface area contributed by atoms with Gasteiger partial charge in [-0.25, -0.2) is 4.79 Å². The average molecular weight is 337 g/mol. The Morgan fingerprint density at radius 2 is 1.92 bits per heavy atom. The van der Waals surface area contributed by atoms with Crippen LogP contribution in [0.15, 0.2) is 63.8 Å². The van der Waals surface area contributed by atoms with Crippen molar-refractivity contribution in [2.75, 3.05) is 7.11 Å². The van der Waals surface area contributed by atoms with Crippen molar-refractivity contribution in [1.29, 1.82) is 0 Å². The van der Waals surface area contributed by atoms with Crippen LogP contribution in [0.4, 0.5) is 0 Å². The van der Waals surface area contributed by atoms with Crippen molar-refractivity contribution >= 4 is 16.9 Å². The van der Waals surface area contributed by atoms with E-state index in [1.54, 1.807) is 25.3 Å². The van der Waals surface area contributed by atoms with Gasteiger partial charge in [0.2, 0.25) is 5.91 Å². The zero-order chi connectivity index (χ0) is 17.8. The fourth-order valence-electron chi connectivity index (χ4n) is 2.77. The standard InChI is InChI=1S/C20H19NO4/c1-13(14-6-4-3-5-7-14)21-19(22)10-15-11-20(23)25-18-12-16(24-2)8-9-17(15)18/h3-9,11-13H,10H2,1-2H3,(H,21,22)/t13-/m0/s1. The van der Waals surface area contributed by atoms with Crippen LogP contribution in [0, 0.1) is 0 Å². The Balaban J connectivity index is 1.82. The number of rotatable bonds is 5. The van der Waals surface area contributed by atoms with E-state index in [0.717, 1.165) is 10.9 Å². The van der Waals surface area contributed by atoms with Crippen molar-refractivity contribution in [3.8, 4) is 5.75 Å². The lowest BCUT2D eigenvalue weighted by atomic mass is 10.1. The molecule has 1 heterocycles. The molecule has 128 valence electrons. The van der Waals surface area contributed by atoms with Crippen LogP contribution in [-0.4, -0.2) is 13.0 Å². The molecule has 0 spiro atoms. The Morgan fingerprint density at radius 3 is 2.64 bits per heavy atom. The zero-order valence-corrected chi connectivity index (χ0v) is 14.1. The van der Waals surface area contributed by atoms with E-state index < -0.39 is 5.63 Å². The first-order chi connectivity index (χ1) is 12.1. The molecule has 0 saturated carbocycles. The van der Waals surface area contributed by atoms with E-state index in [4.69, 9.17) is 9.15 Å². The van der Waals surface area contributed by atoms with E-state index in [-0.39, 0.29) is 18.4 Å². The number of carbonyl (C=O) groups is 1. The van der Waals surface area contributed by atoms with E-state index in [1.165, 1.54) is 6.07 Å². The number of hydrogen-bond acceptors (Lipinski definition) is 4. The summed E-state index contributed by atoms with van der Waals surface area (Å²) in [6, 6.07) is 16.2. The minimum Gasteiger partial charge on any atom is -0.497 e. The highest BCUT2D eigenvalue weighted by Crippen LogP contribution is 2.23. The summed E-state index contributed by atoms with van der Waals surface area (Å²) >= 11 is 0. The largest absolute Gasteiger partial charge is 0.497 e. The van der Waals surface area contributed by atoms with Gasteiger partial charge in [0, 0.05) is 17.5 Å². The molecule has 3 aromatic rings. The summed E-state index contributed by atoms with van der Waals surface area (Å²) in [6.45, 7) is 1.93. The van der Waals surface area contributed by atoms with Gasteiger partial charge in [-0.05, 0) is 30.2 Å². The van der Waals surface area contributed by atoms with Crippen molar-refractivity contribution in [2.24, 2.45) is 0 Å². The SMILES string of the molecule is COc1ccc2c(CC(=O)N[C@@H](C)c3ccccc3)cc(=O)oc2c1. The fourth-order valence-corrected chi connectivity index (χ4v) is 2.77. The molecule has 1 N–H and O–H groups in total. The van der Waals surface area contributed by atoms with Gasteiger partial charge in [-0.3, -0.25) is 4.79 Å². The molecule has 25 heavy (non-hydrogen) atoms. The van der Waals surface area contributed by atoms with Gasteiger partial charge in [0.1, 0.15) is 11.3 Å². The molecule has 0 radical (unpaired) electrons. The Labute approximate surface area is 145 Å². The molecule has 1 aromatic heterocycles. The van der Waals surface area contributed by atoms with Gasteiger partial charge < -0.3 is 14.5 Å². The maximum atomic E-state index is 12.4. The fraction of sp³-hybridized carbons (Fsp3) is 0.200. The number of carbonyl (C=O) groups excluding carboxylic acids is 1. The van der Waals surface area contributed by atoms with Crippen LogP contribution < -0.4 is 15.7 Å². The van der Waals surface area contributed by atoms with Crippen LogP contribution in [0.3, 0.4) is 0 Å².